The topological polar surface area (TPSA) is 12.4 Å². The quantitative estimate of drug-likeness (QED) is 0.450. The van der Waals surface area contributed by atoms with Crippen LogP contribution < -0.4 is 0 Å². The van der Waals surface area contributed by atoms with Gasteiger partial charge in [0.1, 0.15) is 0 Å². The van der Waals surface area contributed by atoms with Gasteiger partial charge in [-0.2, -0.15) is 0 Å². The van der Waals surface area contributed by atoms with Gasteiger partial charge in [0.2, 0.25) is 0 Å². The standard InChI is InChI=1S/C24H23N/c1-3-20(21-10-6-4-7-11-21)18-19(2)25-24-16-14-23(15-17-24)22-12-8-5-9-13-22/h4-18H,3H2,1-2H3/b20-18+,25-19?. The third-order valence-corrected chi connectivity index (χ3v) is 4.19. The highest BCUT2D eigenvalue weighted by Gasteiger charge is 2.00. The minimum atomic E-state index is 0.983. The largest absolute Gasteiger partial charge is 0.254 e. The maximum absolute atomic E-state index is 4.75. The van der Waals surface area contributed by atoms with E-state index in [0.29, 0.717) is 0 Å². The second kappa shape index (κ2) is 8.25. The predicted octanol–water partition coefficient (Wildman–Crippen LogP) is 6.94. The smallest absolute Gasteiger partial charge is 0.0633 e. The number of allylic oxidation sites excluding steroid dienone is 2. The first kappa shape index (κ1) is 16.9. The molecule has 0 atom stereocenters. The lowest BCUT2D eigenvalue weighted by atomic mass is 10.0. The molecule has 3 aromatic carbocycles. The van der Waals surface area contributed by atoms with E-state index >= 15 is 0 Å². The van der Waals surface area contributed by atoms with Crippen molar-refractivity contribution in [2.24, 2.45) is 4.99 Å². The van der Waals surface area contributed by atoms with Crippen molar-refractivity contribution in [3.05, 3.63) is 96.6 Å². The van der Waals surface area contributed by atoms with Gasteiger partial charge in [-0.15, -0.1) is 0 Å². The summed E-state index contributed by atoms with van der Waals surface area (Å²) >= 11 is 0. The van der Waals surface area contributed by atoms with E-state index < -0.39 is 0 Å². The van der Waals surface area contributed by atoms with E-state index in [-0.39, 0.29) is 0 Å². The fourth-order valence-electron chi connectivity index (χ4n) is 2.89. The monoisotopic (exact) mass is 325 g/mol. The Morgan fingerprint density at radius 3 is 1.92 bits per heavy atom. The molecule has 0 aliphatic carbocycles. The summed E-state index contributed by atoms with van der Waals surface area (Å²) in [5.41, 5.74) is 7.02. The summed E-state index contributed by atoms with van der Waals surface area (Å²) in [5, 5.41) is 0. The lowest BCUT2D eigenvalue weighted by molar-refractivity contribution is 1.24. The fraction of sp³-hybridized carbons (Fsp3) is 0.125. The van der Waals surface area contributed by atoms with Crippen LogP contribution in [0.2, 0.25) is 0 Å². The number of hydrogen-bond acceptors (Lipinski definition) is 1. The van der Waals surface area contributed by atoms with Crippen LogP contribution in [0.15, 0.2) is 96.0 Å². The molecule has 0 bridgehead atoms. The van der Waals surface area contributed by atoms with E-state index in [1.165, 1.54) is 22.3 Å². The molecule has 124 valence electrons. The molecule has 1 nitrogen and oxygen atoms in total. The molecule has 0 heterocycles. The van der Waals surface area contributed by atoms with Crippen LogP contribution in [-0.2, 0) is 0 Å². The van der Waals surface area contributed by atoms with Gasteiger partial charge in [0.05, 0.1) is 5.69 Å². The van der Waals surface area contributed by atoms with Crippen molar-refractivity contribution in [1.29, 1.82) is 0 Å². The van der Waals surface area contributed by atoms with Gasteiger partial charge in [-0.1, -0.05) is 79.7 Å². The van der Waals surface area contributed by atoms with Gasteiger partial charge in [-0.25, -0.2) is 0 Å². The molecule has 0 aliphatic rings. The average Bonchev–Trinajstić information content (AvgIpc) is 2.68. The van der Waals surface area contributed by atoms with Gasteiger partial charge in [-0.3, -0.25) is 4.99 Å². The number of nitrogens with zero attached hydrogens (tertiary/aromatic N) is 1. The summed E-state index contributed by atoms with van der Waals surface area (Å²) < 4.78 is 0. The van der Waals surface area contributed by atoms with Gasteiger partial charge in [0, 0.05) is 5.71 Å². The van der Waals surface area contributed by atoms with Gasteiger partial charge in [0.15, 0.2) is 0 Å². The lowest BCUT2D eigenvalue weighted by Crippen LogP contribution is -1.89. The summed E-state index contributed by atoms with van der Waals surface area (Å²) in [7, 11) is 0. The molecule has 0 spiro atoms. The van der Waals surface area contributed by atoms with E-state index in [9.17, 15) is 0 Å². The Morgan fingerprint density at radius 1 is 0.760 bits per heavy atom. The fourth-order valence-corrected chi connectivity index (χ4v) is 2.89. The predicted molar refractivity (Wildman–Crippen MR) is 109 cm³/mol. The minimum Gasteiger partial charge on any atom is -0.254 e. The number of benzene rings is 3. The molecule has 3 aromatic rings. The van der Waals surface area contributed by atoms with Crippen LogP contribution >= 0.6 is 0 Å². The molecule has 0 saturated heterocycles. The molecule has 3 rings (SSSR count). The molecular formula is C24H23N. The number of aliphatic imine (C=N–C) groups is 1. The van der Waals surface area contributed by atoms with Crippen LogP contribution in [0.5, 0.6) is 0 Å². The van der Waals surface area contributed by atoms with Crippen LogP contribution in [-0.4, -0.2) is 5.71 Å². The van der Waals surface area contributed by atoms with Gasteiger partial charge in [0.25, 0.3) is 0 Å². The van der Waals surface area contributed by atoms with Crippen LogP contribution in [0, 0.1) is 0 Å². The second-order valence-electron chi connectivity index (χ2n) is 6.06. The second-order valence-corrected chi connectivity index (χ2v) is 6.06. The van der Waals surface area contributed by atoms with Gasteiger partial charge >= 0.3 is 0 Å². The lowest BCUT2D eigenvalue weighted by Gasteiger charge is -2.05. The van der Waals surface area contributed by atoms with Crippen molar-refractivity contribution < 1.29 is 0 Å². The van der Waals surface area contributed by atoms with E-state index in [0.717, 1.165) is 17.8 Å². The summed E-state index contributed by atoms with van der Waals surface area (Å²) in [6, 6.07) is 29.3. The zero-order valence-corrected chi connectivity index (χ0v) is 14.8. The molecule has 0 aromatic heterocycles. The van der Waals surface area contributed by atoms with Crippen molar-refractivity contribution in [2.75, 3.05) is 0 Å². The molecule has 0 amide bonds. The summed E-state index contributed by atoms with van der Waals surface area (Å²) in [5.74, 6) is 0. The van der Waals surface area contributed by atoms with Crippen molar-refractivity contribution in [1.82, 2.24) is 0 Å². The zero-order chi connectivity index (χ0) is 17.5. The first-order valence-electron chi connectivity index (χ1n) is 8.73. The van der Waals surface area contributed by atoms with E-state index in [4.69, 9.17) is 4.99 Å². The van der Waals surface area contributed by atoms with Gasteiger partial charge in [-0.05, 0) is 53.8 Å². The third-order valence-electron chi connectivity index (χ3n) is 4.19. The van der Waals surface area contributed by atoms with E-state index in [2.05, 4.69) is 92.7 Å². The molecular weight excluding hydrogens is 302 g/mol. The van der Waals surface area contributed by atoms with Gasteiger partial charge < -0.3 is 0 Å². The number of rotatable bonds is 5. The molecule has 1 heteroatoms. The Morgan fingerprint density at radius 2 is 1.32 bits per heavy atom. The number of hydrogen-bond donors (Lipinski definition) is 0. The zero-order valence-electron chi connectivity index (χ0n) is 14.8. The Labute approximate surface area is 150 Å². The molecule has 25 heavy (non-hydrogen) atoms. The average molecular weight is 325 g/mol. The molecule has 0 unspecified atom stereocenters. The SMILES string of the molecule is CC/C(=C\C(C)=Nc1ccc(-c2ccccc2)cc1)c1ccccc1. The Hall–Kier alpha value is -2.93. The van der Waals surface area contributed by atoms with Crippen molar-refractivity contribution in [3.8, 4) is 11.1 Å². The normalized spacial score (nSPS) is 12.2. The van der Waals surface area contributed by atoms with Crippen LogP contribution in [0.4, 0.5) is 5.69 Å². The van der Waals surface area contributed by atoms with Crippen LogP contribution in [0.3, 0.4) is 0 Å². The highest BCUT2D eigenvalue weighted by atomic mass is 14.7. The molecule has 0 N–H and O–H groups in total. The van der Waals surface area contributed by atoms with Crippen molar-refractivity contribution >= 4 is 17.0 Å². The maximum atomic E-state index is 4.75. The van der Waals surface area contributed by atoms with Crippen LogP contribution in [0.1, 0.15) is 25.8 Å². The van der Waals surface area contributed by atoms with Crippen molar-refractivity contribution in [2.45, 2.75) is 20.3 Å². The Balaban J connectivity index is 1.81. The summed E-state index contributed by atoms with van der Waals surface area (Å²) in [6.07, 6.45) is 3.17. The molecule has 0 fully saturated rings. The first-order valence-corrected chi connectivity index (χ1v) is 8.73. The summed E-state index contributed by atoms with van der Waals surface area (Å²) in [6.45, 7) is 4.24. The molecule has 0 aliphatic heterocycles. The first-order chi connectivity index (χ1) is 12.3. The van der Waals surface area contributed by atoms with Crippen molar-refractivity contribution in [3.63, 3.8) is 0 Å². The summed E-state index contributed by atoms with van der Waals surface area (Å²) in [4.78, 5) is 4.75. The Bertz CT molecular complexity index is 857. The van der Waals surface area contributed by atoms with E-state index in [1.54, 1.807) is 0 Å². The molecule has 0 saturated carbocycles. The molecule has 0 radical (unpaired) electrons. The Kier molecular flexibility index (Phi) is 5.58. The third kappa shape index (κ3) is 4.54. The highest BCUT2D eigenvalue weighted by Crippen LogP contribution is 2.23. The highest BCUT2D eigenvalue weighted by molar-refractivity contribution is 6.00. The van der Waals surface area contributed by atoms with Crippen LogP contribution in [0.25, 0.3) is 16.7 Å². The van der Waals surface area contributed by atoms with E-state index in [1.807, 2.05) is 12.1 Å². The minimum absolute atomic E-state index is 0.983. The maximum Gasteiger partial charge on any atom is 0.0633 e.